The summed E-state index contributed by atoms with van der Waals surface area (Å²) in [7, 11) is 0. The first kappa shape index (κ1) is 8.97. The third-order valence-electron chi connectivity index (χ3n) is 1.78. The zero-order chi connectivity index (χ0) is 8.97. The molecule has 0 saturated heterocycles. The van der Waals surface area contributed by atoms with Crippen LogP contribution < -0.4 is 0 Å². The molecular weight excluding hydrogens is 154 g/mol. The second-order valence-electron chi connectivity index (χ2n) is 3.11. The van der Waals surface area contributed by atoms with E-state index in [9.17, 15) is 4.79 Å². The van der Waals surface area contributed by atoms with Gasteiger partial charge in [0.2, 0.25) is 0 Å². The number of hydrogen-bond donors (Lipinski definition) is 1. The number of carboxylic acid groups (broad SMARTS) is 1. The standard InChI is InChI=1S/C9H13NO2/c1-7-4-8(6-10-5-7)2-3-9(11)12/h4,6-7H,2-3,5H2,1H3,(H,11,12). The minimum Gasteiger partial charge on any atom is -0.481 e. The van der Waals surface area contributed by atoms with Crippen molar-refractivity contribution < 1.29 is 9.90 Å². The van der Waals surface area contributed by atoms with E-state index in [0.717, 1.165) is 12.1 Å². The van der Waals surface area contributed by atoms with Gasteiger partial charge >= 0.3 is 5.97 Å². The van der Waals surface area contributed by atoms with Crippen molar-refractivity contribution in [3.8, 4) is 0 Å². The first-order valence-corrected chi connectivity index (χ1v) is 4.11. The van der Waals surface area contributed by atoms with Crippen LogP contribution in [0.2, 0.25) is 0 Å². The average molecular weight is 167 g/mol. The van der Waals surface area contributed by atoms with Gasteiger partial charge in [0.25, 0.3) is 0 Å². The lowest BCUT2D eigenvalue weighted by atomic mass is 10.0. The van der Waals surface area contributed by atoms with Gasteiger partial charge in [-0.3, -0.25) is 9.79 Å². The molecule has 12 heavy (non-hydrogen) atoms. The topological polar surface area (TPSA) is 49.7 Å². The molecule has 0 amide bonds. The summed E-state index contributed by atoms with van der Waals surface area (Å²) in [5.74, 6) is -0.290. The summed E-state index contributed by atoms with van der Waals surface area (Å²) in [5, 5.41) is 8.44. The minimum absolute atomic E-state index is 0.199. The Kier molecular flexibility index (Phi) is 3.02. The van der Waals surface area contributed by atoms with Crippen molar-refractivity contribution in [1.29, 1.82) is 0 Å². The molecule has 1 rings (SSSR count). The molecule has 0 radical (unpaired) electrons. The molecule has 1 atom stereocenters. The van der Waals surface area contributed by atoms with Crippen molar-refractivity contribution in [3.05, 3.63) is 11.6 Å². The van der Waals surface area contributed by atoms with Gasteiger partial charge in [0.05, 0.1) is 0 Å². The van der Waals surface area contributed by atoms with E-state index in [4.69, 9.17) is 5.11 Å². The number of allylic oxidation sites excluding steroid dienone is 1. The highest BCUT2D eigenvalue weighted by atomic mass is 16.4. The number of aliphatic imine (C=N–C) groups is 1. The van der Waals surface area contributed by atoms with Gasteiger partial charge in [0.1, 0.15) is 0 Å². The number of carbonyl (C=O) groups is 1. The first-order valence-electron chi connectivity index (χ1n) is 4.11. The molecule has 0 bridgehead atoms. The fourth-order valence-electron chi connectivity index (χ4n) is 1.20. The van der Waals surface area contributed by atoms with Crippen LogP contribution in [-0.4, -0.2) is 23.8 Å². The molecule has 1 unspecified atom stereocenters. The second-order valence-corrected chi connectivity index (χ2v) is 3.11. The summed E-state index contributed by atoms with van der Waals surface area (Å²) in [5.41, 5.74) is 1.05. The van der Waals surface area contributed by atoms with Crippen LogP contribution >= 0.6 is 0 Å². The van der Waals surface area contributed by atoms with E-state index in [0.29, 0.717) is 12.3 Å². The van der Waals surface area contributed by atoms with Crippen LogP contribution in [0, 0.1) is 5.92 Å². The Morgan fingerprint density at radius 1 is 1.83 bits per heavy atom. The normalized spacial score (nSPS) is 22.1. The molecule has 0 saturated carbocycles. The van der Waals surface area contributed by atoms with Crippen LogP contribution in [0.15, 0.2) is 16.6 Å². The smallest absolute Gasteiger partial charge is 0.303 e. The minimum atomic E-state index is -0.748. The summed E-state index contributed by atoms with van der Waals surface area (Å²) < 4.78 is 0. The van der Waals surface area contributed by atoms with Gasteiger partial charge in [-0.15, -0.1) is 0 Å². The van der Waals surface area contributed by atoms with Gasteiger partial charge in [0, 0.05) is 19.2 Å². The van der Waals surface area contributed by atoms with Crippen LogP contribution in [0.1, 0.15) is 19.8 Å². The lowest BCUT2D eigenvalue weighted by molar-refractivity contribution is -0.136. The van der Waals surface area contributed by atoms with Crippen LogP contribution in [0.4, 0.5) is 0 Å². The van der Waals surface area contributed by atoms with Crippen molar-refractivity contribution in [3.63, 3.8) is 0 Å². The number of rotatable bonds is 3. The molecule has 0 fully saturated rings. The summed E-state index contributed by atoms with van der Waals surface area (Å²) in [4.78, 5) is 14.4. The van der Waals surface area contributed by atoms with Crippen LogP contribution in [-0.2, 0) is 4.79 Å². The van der Waals surface area contributed by atoms with Gasteiger partial charge in [-0.1, -0.05) is 13.0 Å². The van der Waals surface area contributed by atoms with E-state index in [1.54, 1.807) is 6.21 Å². The maximum Gasteiger partial charge on any atom is 0.303 e. The Morgan fingerprint density at radius 3 is 3.17 bits per heavy atom. The molecule has 0 aromatic heterocycles. The van der Waals surface area contributed by atoms with Gasteiger partial charge in [-0.2, -0.15) is 0 Å². The highest BCUT2D eigenvalue weighted by molar-refractivity contribution is 5.80. The Morgan fingerprint density at radius 2 is 2.58 bits per heavy atom. The van der Waals surface area contributed by atoms with Crippen molar-refractivity contribution in [1.82, 2.24) is 0 Å². The molecule has 1 aliphatic heterocycles. The number of dihydropyridines is 1. The van der Waals surface area contributed by atoms with Crippen LogP contribution in [0.5, 0.6) is 0 Å². The second kappa shape index (κ2) is 4.04. The molecule has 3 heteroatoms. The lowest BCUT2D eigenvalue weighted by Crippen LogP contribution is -2.05. The fourth-order valence-corrected chi connectivity index (χ4v) is 1.20. The molecule has 0 aliphatic carbocycles. The number of carboxylic acids is 1. The van der Waals surface area contributed by atoms with E-state index in [1.165, 1.54) is 0 Å². The summed E-state index contributed by atoms with van der Waals surface area (Å²) in [6.45, 7) is 2.91. The highest BCUT2D eigenvalue weighted by Gasteiger charge is 2.06. The molecule has 1 aliphatic rings. The van der Waals surface area contributed by atoms with E-state index < -0.39 is 5.97 Å². The predicted octanol–water partition coefficient (Wildman–Crippen LogP) is 1.50. The molecule has 3 nitrogen and oxygen atoms in total. The summed E-state index contributed by atoms with van der Waals surface area (Å²) in [6, 6.07) is 0. The highest BCUT2D eigenvalue weighted by Crippen LogP contribution is 2.12. The SMILES string of the molecule is CC1C=C(CCC(=O)O)C=NC1. The molecule has 66 valence electrons. The van der Waals surface area contributed by atoms with E-state index in [1.807, 2.05) is 0 Å². The average Bonchev–Trinajstić information content (AvgIpc) is 2.01. The zero-order valence-corrected chi connectivity index (χ0v) is 7.16. The van der Waals surface area contributed by atoms with Crippen molar-refractivity contribution in [2.24, 2.45) is 10.9 Å². The Labute approximate surface area is 71.8 Å². The largest absolute Gasteiger partial charge is 0.481 e. The Bertz CT molecular complexity index is 231. The molecule has 0 aromatic rings. The van der Waals surface area contributed by atoms with E-state index in [2.05, 4.69) is 18.0 Å². The van der Waals surface area contributed by atoms with Gasteiger partial charge in [-0.05, 0) is 17.9 Å². The molecule has 1 heterocycles. The van der Waals surface area contributed by atoms with Crippen molar-refractivity contribution in [2.75, 3.05) is 6.54 Å². The van der Waals surface area contributed by atoms with Crippen LogP contribution in [0.25, 0.3) is 0 Å². The maximum absolute atomic E-state index is 10.3. The Hall–Kier alpha value is -1.12. The van der Waals surface area contributed by atoms with E-state index in [-0.39, 0.29) is 6.42 Å². The molecule has 0 aromatic carbocycles. The molecular formula is C9H13NO2. The number of nitrogens with zero attached hydrogens (tertiary/aromatic N) is 1. The fraction of sp³-hybridized carbons (Fsp3) is 0.556. The molecule has 1 N–H and O–H groups in total. The third-order valence-corrected chi connectivity index (χ3v) is 1.78. The third kappa shape index (κ3) is 2.86. The summed E-state index contributed by atoms with van der Waals surface area (Å²) in [6.07, 6.45) is 4.67. The predicted molar refractivity (Wildman–Crippen MR) is 47.5 cm³/mol. The van der Waals surface area contributed by atoms with Gasteiger partial charge < -0.3 is 5.11 Å². The lowest BCUT2D eigenvalue weighted by Gasteiger charge is -2.10. The first-order chi connectivity index (χ1) is 5.68. The number of aliphatic carboxylic acids is 1. The van der Waals surface area contributed by atoms with Gasteiger partial charge in [-0.25, -0.2) is 0 Å². The van der Waals surface area contributed by atoms with E-state index >= 15 is 0 Å². The monoisotopic (exact) mass is 167 g/mol. The van der Waals surface area contributed by atoms with Crippen molar-refractivity contribution >= 4 is 12.2 Å². The van der Waals surface area contributed by atoms with Gasteiger partial charge in [0.15, 0.2) is 0 Å². The maximum atomic E-state index is 10.3. The number of hydrogen-bond acceptors (Lipinski definition) is 2. The zero-order valence-electron chi connectivity index (χ0n) is 7.16. The summed E-state index contributed by atoms with van der Waals surface area (Å²) >= 11 is 0. The van der Waals surface area contributed by atoms with Crippen LogP contribution in [0.3, 0.4) is 0 Å². The molecule has 0 spiro atoms. The Balaban J connectivity index is 2.41. The van der Waals surface area contributed by atoms with Crippen molar-refractivity contribution in [2.45, 2.75) is 19.8 Å². The quantitative estimate of drug-likeness (QED) is 0.692.